The van der Waals surface area contributed by atoms with E-state index in [-0.39, 0.29) is 18.0 Å². The molecule has 7 heteroatoms. The monoisotopic (exact) mass is 293 g/mol. The number of likely N-dealkylation sites (tertiary alicyclic amines) is 1. The van der Waals surface area contributed by atoms with Crippen molar-refractivity contribution >= 4 is 5.84 Å². The number of hydrogen-bond donors (Lipinski definition) is 3. The molecule has 0 saturated carbocycles. The molecule has 0 spiro atoms. The smallest absolute Gasteiger partial charge is 0.189 e. The number of β-amino-alcohol motifs (C(OH)–C–C–N with tert-alkyl or cyclic N) is 1. The van der Waals surface area contributed by atoms with E-state index in [0.717, 1.165) is 18.5 Å². The van der Waals surface area contributed by atoms with Crippen LogP contribution in [0, 0.1) is 0 Å². The van der Waals surface area contributed by atoms with Crippen LogP contribution in [0.1, 0.15) is 17.7 Å². The van der Waals surface area contributed by atoms with E-state index < -0.39 is 0 Å². The Balaban J connectivity index is 2.17. The third-order valence-electron chi connectivity index (χ3n) is 3.70. The van der Waals surface area contributed by atoms with Gasteiger partial charge in [-0.15, -0.1) is 0 Å². The average molecular weight is 293 g/mol. The zero-order valence-electron chi connectivity index (χ0n) is 12.5. The number of aromatic nitrogens is 1. The van der Waals surface area contributed by atoms with E-state index >= 15 is 0 Å². The van der Waals surface area contributed by atoms with Crippen LogP contribution in [0.25, 0.3) is 0 Å². The number of amidine groups is 1. The van der Waals surface area contributed by atoms with Crippen LogP contribution in [0.5, 0.6) is 0 Å². The molecule has 1 aromatic rings. The van der Waals surface area contributed by atoms with E-state index in [1.807, 2.05) is 26.2 Å². The number of aliphatic hydroxyl groups is 1. The summed E-state index contributed by atoms with van der Waals surface area (Å²) in [6.07, 6.45) is 2.07. The first kappa shape index (κ1) is 15.7. The number of nitrogens with two attached hydrogens (primary N) is 1. The van der Waals surface area contributed by atoms with Crippen molar-refractivity contribution < 1.29 is 10.3 Å². The molecule has 0 aliphatic carbocycles. The molecule has 1 aliphatic heterocycles. The lowest BCUT2D eigenvalue weighted by molar-refractivity contribution is 0.169. The van der Waals surface area contributed by atoms with E-state index in [4.69, 9.17) is 10.9 Å². The highest BCUT2D eigenvalue weighted by molar-refractivity contribution is 5.96. The maximum atomic E-state index is 9.92. The van der Waals surface area contributed by atoms with Gasteiger partial charge in [-0.2, -0.15) is 0 Å². The van der Waals surface area contributed by atoms with Gasteiger partial charge in [-0.1, -0.05) is 11.2 Å². The summed E-state index contributed by atoms with van der Waals surface area (Å²) in [5.74, 6) is 0.00880. The van der Waals surface area contributed by atoms with Crippen LogP contribution >= 0.6 is 0 Å². The zero-order chi connectivity index (χ0) is 15.4. The van der Waals surface area contributed by atoms with Gasteiger partial charge in [0.05, 0.1) is 6.10 Å². The molecule has 21 heavy (non-hydrogen) atoms. The first-order valence-corrected chi connectivity index (χ1v) is 7.00. The summed E-state index contributed by atoms with van der Waals surface area (Å²) in [4.78, 5) is 8.51. The molecule has 2 atom stereocenters. The second-order valence-corrected chi connectivity index (χ2v) is 5.73. The van der Waals surface area contributed by atoms with Crippen molar-refractivity contribution in [2.75, 3.05) is 27.2 Å². The predicted octanol–water partition coefficient (Wildman–Crippen LogP) is -0.327. The van der Waals surface area contributed by atoms with Crippen molar-refractivity contribution in [2.24, 2.45) is 10.9 Å². The molecular weight excluding hydrogens is 270 g/mol. The summed E-state index contributed by atoms with van der Waals surface area (Å²) < 4.78 is 0. The largest absolute Gasteiger partial charge is 0.409 e. The summed E-state index contributed by atoms with van der Waals surface area (Å²) in [5.41, 5.74) is 7.06. The highest BCUT2D eigenvalue weighted by Crippen LogP contribution is 2.22. The van der Waals surface area contributed by atoms with Crippen LogP contribution in [-0.2, 0) is 6.54 Å². The average Bonchev–Trinajstić information content (AvgIpc) is 2.77. The zero-order valence-corrected chi connectivity index (χ0v) is 12.5. The van der Waals surface area contributed by atoms with Crippen LogP contribution in [0.3, 0.4) is 0 Å². The molecule has 1 saturated heterocycles. The van der Waals surface area contributed by atoms with Crippen molar-refractivity contribution in [2.45, 2.75) is 25.1 Å². The molecule has 4 N–H and O–H groups in total. The van der Waals surface area contributed by atoms with Gasteiger partial charge in [0.15, 0.2) is 5.84 Å². The van der Waals surface area contributed by atoms with Crippen LogP contribution in [0.2, 0.25) is 0 Å². The lowest BCUT2D eigenvalue weighted by Gasteiger charge is -2.27. The van der Waals surface area contributed by atoms with Crippen LogP contribution in [0.15, 0.2) is 23.5 Å². The predicted molar refractivity (Wildman–Crippen MR) is 80.1 cm³/mol. The van der Waals surface area contributed by atoms with E-state index in [2.05, 4.69) is 19.9 Å². The molecule has 0 radical (unpaired) electrons. The maximum Gasteiger partial charge on any atom is 0.189 e. The van der Waals surface area contributed by atoms with Gasteiger partial charge in [0.25, 0.3) is 0 Å². The Bertz CT molecular complexity index is 506. The van der Waals surface area contributed by atoms with E-state index in [1.165, 1.54) is 0 Å². The molecule has 7 nitrogen and oxygen atoms in total. The van der Waals surface area contributed by atoms with Gasteiger partial charge in [0, 0.05) is 31.9 Å². The molecule has 2 rings (SSSR count). The molecule has 116 valence electrons. The van der Waals surface area contributed by atoms with Gasteiger partial charge in [0.2, 0.25) is 0 Å². The summed E-state index contributed by atoms with van der Waals surface area (Å²) in [7, 11) is 4.05. The van der Waals surface area contributed by atoms with Gasteiger partial charge in [-0.3, -0.25) is 9.88 Å². The SMILES string of the molecule is CN(C)CC1CC(O)CN1Cc1cccnc1C(N)=NO. The maximum absolute atomic E-state index is 9.92. The minimum Gasteiger partial charge on any atom is -0.409 e. The third kappa shape index (κ3) is 3.90. The number of oxime groups is 1. The normalized spacial score (nSPS) is 23.9. The summed E-state index contributed by atoms with van der Waals surface area (Å²) >= 11 is 0. The summed E-state index contributed by atoms with van der Waals surface area (Å²) in [5, 5.41) is 21.8. The first-order valence-electron chi connectivity index (χ1n) is 7.00. The Labute approximate surface area is 124 Å². The fraction of sp³-hybridized carbons (Fsp3) is 0.571. The van der Waals surface area contributed by atoms with Crippen molar-refractivity contribution in [1.82, 2.24) is 14.8 Å². The standard InChI is InChI=1S/C14H23N5O2/c1-18(2)8-11-6-12(20)9-19(11)7-10-4-3-5-16-13(10)14(15)17-21/h3-5,11-12,20-21H,6-9H2,1-2H3,(H2,15,17). The van der Waals surface area contributed by atoms with Crippen LogP contribution in [-0.4, -0.2) is 70.3 Å². The van der Waals surface area contributed by atoms with Crippen molar-refractivity contribution in [3.8, 4) is 0 Å². The molecule has 1 aromatic heterocycles. The second-order valence-electron chi connectivity index (χ2n) is 5.73. The highest BCUT2D eigenvalue weighted by Gasteiger charge is 2.31. The van der Waals surface area contributed by atoms with Crippen LogP contribution < -0.4 is 5.73 Å². The molecule has 1 aliphatic rings. The molecule has 2 heterocycles. The summed E-state index contributed by atoms with van der Waals surface area (Å²) in [6.45, 7) is 2.13. The Morgan fingerprint density at radius 3 is 3.00 bits per heavy atom. The number of hydrogen-bond acceptors (Lipinski definition) is 6. The second kappa shape index (κ2) is 6.84. The fourth-order valence-corrected chi connectivity index (χ4v) is 2.83. The Morgan fingerprint density at radius 1 is 1.57 bits per heavy atom. The Morgan fingerprint density at radius 2 is 2.33 bits per heavy atom. The number of rotatable bonds is 5. The minimum absolute atomic E-state index is 0.00880. The highest BCUT2D eigenvalue weighted by atomic mass is 16.4. The van der Waals surface area contributed by atoms with E-state index in [1.54, 1.807) is 6.20 Å². The van der Waals surface area contributed by atoms with Gasteiger partial charge in [0.1, 0.15) is 5.69 Å². The quantitative estimate of drug-likeness (QED) is 0.298. The summed E-state index contributed by atoms with van der Waals surface area (Å²) in [6, 6.07) is 4.03. The van der Waals surface area contributed by atoms with Crippen molar-refractivity contribution in [3.05, 3.63) is 29.6 Å². The Hall–Kier alpha value is -1.70. The molecule has 0 aromatic carbocycles. The molecule has 2 unspecified atom stereocenters. The minimum atomic E-state index is -0.307. The topological polar surface area (TPSA) is 98.2 Å². The first-order chi connectivity index (χ1) is 10.0. The van der Waals surface area contributed by atoms with Crippen molar-refractivity contribution in [1.29, 1.82) is 0 Å². The molecular formula is C14H23N5O2. The van der Waals surface area contributed by atoms with Gasteiger partial charge < -0.3 is 20.9 Å². The number of aliphatic hydroxyl groups excluding tert-OH is 1. The van der Waals surface area contributed by atoms with Crippen molar-refractivity contribution in [3.63, 3.8) is 0 Å². The van der Waals surface area contributed by atoms with Gasteiger partial charge >= 0.3 is 0 Å². The van der Waals surface area contributed by atoms with E-state index in [9.17, 15) is 5.11 Å². The lowest BCUT2D eigenvalue weighted by Crippen LogP contribution is -2.37. The van der Waals surface area contributed by atoms with Gasteiger partial charge in [-0.05, 0) is 32.1 Å². The Kier molecular flexibility index (Phi) is 5.11. The molecule has 0 amide bonds. The van der Waals surface area contributed by atoms with Gasteiger partial charge in [-0.25, -0.2) is 0 Å². The van der Waals surface area contributed by atoms with E-state index in [0.29, 0.717) is 18.8 Å². The number of nitrogens with zero attached hydrogens (tertiary/aromatic N) is 4. The molecule has 0 bridgehead atoms. The fourth-order valence-electron chi connectivity index (χ4n) is 2.83. The van der Waals surface area contributed by atoms with Crippen LogP contribution in [0.4, 0.5) is 0 Å². The lowest BCUT2D eigenvalue weighted by atomic mass is 10.1. The molecule has 1 fully saturated rings. The third-order valence-corrected chi connectivity index (χ3v) is 3.70. The number of likely N-dealkylation sites (N-methyl/N-ethyl adjacent to an activating group) is 1. The number of pyridine rings is 1.